The van der Waals surface area contributed by atoms with Crippen molar-refractivity contribution in [2.75, 3.05) is 0 Å². The third-order valence-electron chi connectivity index (χ3n) is 1.10. The van der Waals surface area contributed by atoms with E-state index in [9.17, 15) is 0 Å². The van der Waals surface area contributed by atoms with Crippen LogP contribution >= 0.6 is 11.3 Å². The zero-order chi connectivity index (χ0) is 6.69. The van der Waals surface area contributed by atoms with E-state index in [2.05, 4.69) is 4.89 Å². The first kappa shape index (κ1) is 6.74. The maximum absolute atomic E-state index is 8.21. The van der Waals surface area contributed by atoms with Crippen LogP contribution in [0.4, 0.5) is 0 Å². The summed E-state index contributed by atoms with van der Waals surface area (Å²) in [7, 11) is 0. The fourth-order valence-corrected chi connectivity index (χ4v) is 1.28. The molecule has 2 nitrogen and oxygen atoms in total. The Morgan fingerprint density at radius 1 is 1.78 bits per heavy atom. The molecule has 0 saturated heterocycles. The van der Waals surface area contributed by atoms with E-state index in [1.807, 2.05) is 17.5 Å². The minimum absolute atomic E-state index is 0.190. The van der Waals surface area contributed by atoms with E-state index in [1.165, 1.54) is 0 Å². The van der Waals surface area contributed by atoms with Gasteiger partial charge in [0.15, 0.2) is 0 Å². The number of hydrogen-bond acceptors (Lipinski definition) is 3. The van der Waals surface area contributed by atoms with Crippen LogP contribution < -0.4 is 0 Å². The van der Waals surface area contributed by atoms with Crippen molar-refractivity contribution in [2.45, 2.75) is 13.0 Å². The van der Waals surface area contributed by atoms with E-state index in [-0.39, 0.29) is 6.10 Å². The van der Waals surface area contributed by atoms with Crippen molar-refractivity contribution in [1.29, 1.82) is 0 Å². The van der Waals surface area contributed by atoms with Crippen LogP contribution in [0.2, 0.25) is 0 Å². The van der Waals surface area contributed by atoms with Crippen LogP contribution in [0.25, 0.3) is 0 Å². The lowest BCUT2D eigenvalue weighted by Crippen LogP contribution is -1.91. The molecule has 0 spiro atoms. The highest BCUT2D eigenvalue weighted by molar-refractivity contribution is 7.10. The molecule has 1 rings (SSSR count). The predicted molar refractivity (Wildman–Crippen MR) is 36.4 cm³/mol. The second-order valence-corrected chi connectivity index (χ2v) is 2.74. The second kappa shape index (κ2) is 2.96. The molecule has 1 atom stereocenters. The normalized spacial score (nSPS) is 13.6. The standard InChI is InChI=1S/C6H8O2S/c1-5(8-7)6-3-2-4-9-6/h2-5,7H,1H3. The van der Waals surface area contributed by atoms with Gasteiger partial charge < -0.3 is 0 Å². The lowest BCUT2D eigenvalue weighted by Gasteiger charge is -2.01. The molecule has 1 N–H and O–H groups in total. The topological polar surface area (TPSA) is 29.5 Å². The van der Waals surface area contributed by atoms with Crippen LogP contribution in [0.3, 0.4) is 0 Å². The number of thiophene rings is 1. The average Bonchev–Trinajstić information content (AvgIpc) is 2.37. The van der Waals surface area contributed by atoms with Gasteiger partial charge >= 0.3 is 0 Å². The molecule has 0 amide bonds. The minimum Gasteiger partial charge on any atom is -0.251 e. The maximum atomic E-state index is 8.21. The summed E-state index contributed by atoms with van der Waals surface area (Å²) >= 11 is 1.57. The van der Waals surface area contributed by atoms with Crippen LogP contribution in [-0.4, -0.2) is 5.26 Å². The maximum Gasteiger partial charge on any atom is 0.124 e. The Labute approximate surface area is 57.6 Å². The van der Waals surface area contributed by atoms with Gasteiger partial charge in [0.1, 0.15) is 6.10 Å². The van der Waals surface area contributed by atoms with Gasteiger partial charge in [-0.05, 0) is 18.4 Å². The summed E-state index contributed by atoms with van der Waals surface area (Å²) in [6, 6.07) is 3.85. The van der Waals surface area contributed by atoms with Crippen molar-refractivity contribution in [3.8, 4) is 0 Å². The fraction of sp³-hybridized carbons (Fsp3) is 0.333. The van der Waals surface area contributed by atoms with Crippen LogP contribution in [0, 0.1) is 0 Å². The molecule has 3 heteroatoms. The van der Waals surface area contributed by atoms with E-state index in [1.54, 1.807) is 18.3 Å². The Hall–Kier alpha value is -0.380. The molecule has 0 saturated carbocycles. The molecule has 0 fully saturated rings. The molecule has 1 aromatic heterocycles. The van der Waals surface area contributed by atoms with Gasteiger partial charge in [0.05, 0.1) is 0 Å². The van der Waals surface area contributed by atoms with Crippen molar-refractivity contribution in [3.63, 3.8) is 0 Å². The Morgan fingerprint density at radius 2 is 2.56 bits per heavy atom. The molecule has 9 heavy (non-hydrogen) atoms. The summed E-state index contributed by atoms with van der Waals surface area (Å²) in [4.78, 5) is 5.14. The van der Waals surface area contributed by atoms with Crippen LogP contribution in [-0.2, 0) is 4.89 Å². The largest absolute Gasteiger partial charge is 0.251 e. The van der Waals surface area contributed by atoms with Crippen molar-refractivity contribution >= 4 is 11.3 Å². The quantitative estimate of drug-likeness (QED) is 0.509. The molecule has 0 aliphatic heterocycles. The first-order chi connectivity index (χ1) is 4.34. The Bertz CT molecular complexity index is 160. The van der Waals surface area contributed by atoms with Gasteiger partial charge in [0, 0.05) is 4.88 Å². The molecule has 0 aliphatic carbocycles. The van der Waals surface area contributed by atoms with Gasteiger partial charge in [-0.25, -0.2) is 4.89 Å². The van der Waals surface area contributed by atoms with Gasteiger partial charge in [-0.3, -0.25) is 5.26 Å². The van der Waals surface area contributed by atoms with Gasteiger partial charge in [0.2, 0.25) is 0 Å². The van der Waals surface area contributed by atoms with E-state index in [0.29, 0.717) is 0 Å². The van der Waals surface area contributed by atoms with Gasteiger partial charge in [-0.1, -0.05) is 6.07 Å². The van der Waals surface area contributed by atoms with Gasteiger partial charge in [-0.15, -0.1) is 11.3 Å². The Morgan fingerprint density at radius 3 is 3.00 bits per heavy atom. The Kier molecular flexibility index (Phi) is 2.22. The molecule has 0 aliphatic rings. The highest BCUT2D eigenvalue weighted by Gasteiger charge is 2.03. The number of rotatable bonds is 2. The first-order valence-electron chi connectivity index (χ1n) is 2.68. The predicted octanol–water partition coefficient (Wildman–Crippen LogP) is 2.30. The highest BCUT2D eigenvalue weighted by Crippen LogP contribution is 2.19. The van der Waals surface area contributed by atoms with Crippen molar-refractivity contribution in [3.05, 3.63) is 22.4 Å². The smallest absolute Gasteiger partial charge is 0.124 e. The van der Waals surface area contributed by atoms with Crippen LogP contribution in [0.15, 0.2) is 17.5 Å². The third kappa shape index (κ3) is 1.51. The monoisotopic (exact) mass is 144 g/mol. The zero-order valence-electron chi connectivity index (χ0n) is 5.07. The van der Waals surface area contributed by atoms with Crippen molar-refractivity contribution in [2.24, 2.45) is 0 Å². The van der Waals surface area contributed by atoms with Crippen LogP contribution in [0.5, 0.6) is 0 Å². The zero-order valence-corrected chi connectivity index (χ0v) is 5.89. The molecule has 50 valence electrons. The summed E-state index contributed by atoms with van der Waals surface area (Å²) in [6.45, 7) is 1.80. The molecule has 1 aromatic rings. The Balaban J connectivity index is 2.65. The SMILES string of the molecule is CC(OO)c1cccs1. The molecule has 0 bridgehead atoms. The molecule has 0 aromatic carbocycles. The van der Waals surface area contributed by atoms with Gasteiger partial charge in [-0.2, -0.15) is 0 Å². The van der Waals surface area contributed by atoms with Gasteiger partial charge in [0.25, 0.3) is 0 Å². The summed E-state index contributed by atoms with van der Waals surface area (Å²) < 4.78 is 0. The minimum atomic E-state index is -0.190. The molecular formula is C6H8O2S. The molecule has 1 heterocycles. The fourth-order valence-electron chi connectivity index (χ4n) is 0.575. The number of hydrogen-bond donors (Lipinski definition) is 1. The van der Waals surface area contributed by atoms with E-state index in [0.717, 1.165) is 4.88 Å². The lowest BCUT2D eigenvalue weighted by atomic mass is 10.3. The second-order valence-electron chi connectivity index (χ2n) is 1.76. The third-order valence-corrected chi connectivity index (χ3v) is 2.14. The summed E-state index contributed by atoms with van der Waals surface area (Å²) in [5.74, 6) is 0. The lowest BCUT2D eigenvalue weighted by molar-refractivity contribution is -0.276. The van der Waals surface area contributed by atoms with E-state index >= 15 is 0 Å². The van der Waals surface area contributed by atoms with E-state index < -0.39 is 0 Å². The highest BCUT2D eigenvalue weighted by atomic mass is 32.1. The average molecular weight is 144 g/mol. The van der Waals surface area contributed by atoms with Crippen LogP contribution in [0.1, 0.15) is 17.9 Å². The molecule has 0 radical (unpaired) electrons. The molecular weight excluding hydrogens is 136 g/mol. The summed E-state index contributed by atoms with van der Waals surface area (Å²) in [5, 5.41) is 10.2. The first-order valence-corrected chi connectivity index (χ1v) is 3.56. The van der Waals surface area contributed by atoms with Crippen molar-refractivity contribution in [1.82, 2.24) is 0 Å². The summed E-state index contributed by atoms with van der Waals surface area (Å²) in [6.07, 6.45) is -0.190. The van der Waals surface area contributed by atoms with E-state index in [4.69, 9.17) is 5.26 Å². The van der Waals surface area contributed by atoms with Crippen molar-refractivity contribution < 1.29 is 10.1 Å². The summed E-state index contributed by atoms with van der Waals surface area (Å²) in [5.41, 5.74) is 0. The molecule has 1 unspecified atom stereocenters.